The molecule has 1 nitrogen and oxygen atoms in total. The summed E-state index contributed by atoms with van der Waals surface area (Å²) in [4.78, 5) is 0. The molecule has 0 spiro atoms. The zero-order chi connectivity index (χ0) is 14.0. The van der Waals surface area contributed by atoms with Crippen LogP contribution in [0, 0.1) is 11.6 Å². The van der Waals surface area contributed by atoms with Gasteiger partial charge >= 0.3 is 0 Å². The smallest absolute Gasteiger partial charge is 0.145 e. The molecule has 0 radical (unpaired) electrons. The van der Waals surface area contributed by atoms with Gasteiger partial charge in [0, 0.05) is 5.54 Å². The van der Waals surface area contributed by atoms with Crippen molar-refractivity contribution in [3.8, 4) is 0 Å². The second-order valence-electron chi connectivity index (χ2n) is 4.81. The van der Waals surface area contributed by atoms with Crippen LogP contribution in [0.15, 0.2) is 42.5 Å². The third-order valence-electron chi connectivity index (χ3n) is 3.09. The second kappa shape index (κ2) is 5.27. The molecule has 0 aliphatic heterocycles. The topological polar surface area (TPSA) is 26.0 Å². The molecule has 2 N–H and O–H groups in total. The van der Waals surface area contributed by atoms with Crippen LogP contribution < -0.4 is 5.73 Å². The molecule has 0 fully saturated rings. The predicted molar refractivity (Wildman–Crippen MR) is 73.1 cm³/mol. The Morgan fingerprint density at radius 2 is 1.74 bits per heavy atom. The lowest BCUT2D eigenvalue weighted by Crippen LogP contribution is -2.35. The van der Waals surface area contributed by atoms with Gasteiger partial charge in [-0.3, -0.25) is 0 Å². The highest BCUT2D eigenvalue weighted by Crippen LogP contribution is 2.26. The van der Waals surface area contributed by atoms with Crippen molar-refractivity contribution in [2.45, 2.75) is 18.9 Å². The third kappa shape index (κ3) is 3.11. The number of halogens is 3. The first-order chi connectivity index (χ1) is 8.90. The summed E-state index contributed by atoms with van der Waals surface area (Å²) < 4.78 is 26.8. The Morgan fingerprint density at radius 3 is 2.37 bits per heavy atom. The summed E-state index contributed by atoms with van der Waals surface area (Å²) in [5, 5.41) is 0.0763. The molecule has 100 valence electrons. The Bertz CT molecular complexity index is 579. The van der Waals surface area contributed by atoms with Crippen molar-refractivity contribution in [1.29, 1.82) is 0 Å². The third-order valence-corrected chi connectivity index (χ3v) is 3.38. The van der Waals surface area contributed by atoms with Crippen molar-refractivity contribution in [3.63, 3.8) is 0 Å². The molecule has 0 aromatic heterocycles. The highest BCUT2D eigenvalue weighted by molar-refractivity contribution is 6.30. The summed E-state index contributed by atoms with van der Waals surface area (Å²) in [6, 6.07) is 10.7. The summed E-state index contributed by atoms with van der Waals surface area (Å²) in [5.41, 5.74) is 6.60. The van der Waals surface area contributed by atoms with E-state index in [1.807, 2.05) is 0 Å². The number of benzene rings is 2. The van der Waals surface area contributed by atoms with Gasteiger partial charge in [0.2, 0.25) is 0 Å². The van der Waals surface area contributed by atoms with E-state index in [-0.39, 0.29) is 17.3 Å². The quantitative estimate of drug-likeness (QED) is 0.903. The largest absolute Gasteiger partial charge is 0.321 e. The van der Waals surface area contributed by atoms with Crippen LogP contribution in [0.3, 0.4) is 0 Å². The van der Waals surface area contributed by atoms with E-state index in [9.17, 15) is 8.78 Å². The van der Waals surface area contributed by atoms with E-state index in [2.05, 4.69) is 0 Å². The maximum atomic E-state index is 13.9. The highest BCUT2D eigenvalue weighted by atomic mass is 35.5. The molecule has 1 unspecified atom stereocenters. The molecule has 2 aromatic carbocycles. The van der Waals surface area contributed by atoms with Gasteiger partial charge in [-0.05, 0) is 42.7 Å². The van der Waals surface area contributed by atoms with Crippen molar-refractivity contribution in [3.05, 3.63) is 70.2 Å². The Balaban J connectivity index is 2.30. The van der Waals surface area contributed by atoms with Crippen LogP contribution in [-0.2, 0) is 12.0 Å². The zero-order valence-corrected chi connectivity index (χ0v) is 11.2. The average molecular weight is 282 g/mol. The summed E-state index contributed by atoms with van der Waals surface area (Å²) in [5.74, 6) is -0.781. The van der Waals surface area contributed by atoms with Crippen molar-refractivity contribution >= 4 is 11.6 Å². The van der Waals surface area contributed by atoms with E-state index >= 15 is 0 Å². The minimum absolute atomic E-state index is 0.0763. The Hall–Kier alpha value is -1.45. The lowest BCUT2D eigenvalue weighted by Gasteiger charge is -2.25. The molecular weight excluding hydrogens is 268 g/mol. The Kier molecular flexibility index (Phi) is 3.88. The number of hydrogen-bond donors (Lipinski definition) is 1. The van der Waals surface area contributed by atoms with E-state index in [0.717, 1.165) is 5.56 Å². The van der Waals surface area contributed by atoms with Crippen LogP contribution in [-0.4, -0.2) is 0 Å². The SMILES string of the molecule is CC(N)(Cc1cccc(Cl)c1F)c1ccc(F)cc1. The molecule has 0 saturated carbocycles. The normalized spacial score (nSPS) is 14.2. The molecular formula is C15H14ClF2N. The first kappa shape index (κ1) is 14.0. The summed E-state index contributed by atoms with van der Waals surface area (Å²) in [7, 11) is 0. The van der Waals surface area contributed by atoms with Crippen LogP contribution in [0.4, 0.5) is 8.78 Å². The maximum absolute atomic E-state index is 13.9. The molecule has 1 atom stereocenters. The molecule has 0 heterocycles. The minimum atomic E-state index is -0.792. The van der Waals surface area contributed by atoms with Crippen molar-refractivity contribution in [2.75, 3.05) is 0 Å². The van der Waals surface area contributed by atoms with Crippen LogP contribution in [0.25, 0.3) is 0 Å². The van der Waals surface area contributed by atoms with Crippen LogP contribution in [0.1, 0.15) is 18.1 Å². The molecule has 0 aliphatic carbocycles. The molecule has 4 heteroatoms. The van der Waals surface area contributed by atoms with Crippen molar-refractivity contribution in [2.24, 2.45) is 5.73 Å². The first-order valence-electron chi connectivity index (χ1n) is 5.88. The van der Waals surface area contributed by atoms with Gasteiger partial charge in [-0.2, -0.15) is 0 Å². The maximum Gasteiger partial charge on any atom is 0.145 e. The van der Waals surface area contributed by atoms with E-state index in [1.54, 1.807) is 31.2 Å². The lowest BCUT2D eigenvalue weighted by atomic mass is 9.86. The summed E-state index contributed by atoms with van der Waals surface area (Å²) in [6.07, 6.45) is 0.283. The number of rotatable bonds is 3. The second-order valence-corrected chi connectivity index (χ2v) is 5.22. The van der Waals surface area contributed by atoms with E-state index in [4.69, 9.17) is 17.3 Å². The van der Waals surface area contributed by atoms with E-state index in [0.29, 0.717) is 5.56 Å². The minimum Gasteiger partial charge on any atom is -0.321 e. The van der Waals surface area contributed by atoms with E-state index < -0.39 is 11.4 Å². The van der Waals surface area contributed by atoms with Gasteiger partial charge in [-0.25, -0.2) is 8.78 Å². The van der Waals surface area contributed by atoms with Crippen molar-refractivity contribution < 1.29 is 8.78 Å². The Morgan fingerprint density at radius 1 is 1.11 bits per heavy atom. The molecule has 0 amide bonds. The van der Waals surface area contributed by atoms with Gasteiger partial charge in [-0.1, -0.05) is 35.9 Å². The van der Waals surface area contributed by atoms with Crippen LogP contribution in [0.2, 0.25) is 5.02 Å². The van der Waals surface area contributed by atoms with Gasteiger partial charge in [0.1, 0.15) is 11.6 Å². The van der Waals surface area contributed by atoms with E-state index in [1.165, 1.54) is 18.2 Å². The molecule has 19 heavy (non-hydrogen) atoms. The average Bonchev–Trinajstić information content (AvgIpc) is 2.35. The first-order valence-corrected chi connectivity index (χ1v) is 6.26. The van der Waals surface area contributed by atoms with Gasteiger partial charge in [0.25, 0.3) is 0 Å². The van der Waals surface area contributed by atoms with Crippen LogP contribution in [0.5, 0.6) is 0 Å². The van der Waals surface area contributed by atoms with Gasteiger partial charge in [-0.15, -0.1) is 0 Å². The predicted octanol–water partition coefficient (Wildman–Crippen LogP) is 4.03. The Labute approximate surface area is 116 Å². The molecule has 0 bridgehead atoms. The van der Waals surface area contributed by atoms with Gasteiger partial charge in [0.15, 0.2) is 0 Å². The molecule has 2 rings (SSSR count). The highest BCUT2D eigenvalue weighted by Gasteiger charge is 2.23. The van der Waals surface area contributed by atoms with Crippen molar-refractivity contribution in [1.82, 2.24) is 0 Å². The van der Waals surface area contributed by atoms with Gasteiger partial charge < -0.3 is 5.73 Å². The molecule has 0 aliphatic rings. The molecule has 0 saturated heterocycles. The fourth-order valence-electron chi connectivity index (χ4n) is 2.01. The van der Waals surface area contributed by atoms with Crippen LogP contribution >= 0.6 is 11.6 Å². The zero-order valence-electron chi connectivity index (χ0n) is 10.5. The fraction of sp³-hybridized carbons (Fsp3) is 0.200. The summed E-state index contributed by atoms with van der Waals surface area (Å²) >= 11 is 5.74. The lowest BCUT2D eigenvalue weighted by molar-refractivity contribution is 0.474. The monoisotopic (exact) mass is 281 g/mol. The fourth-order valence-corrected chi connectivity index (χ4v) is 2.21. The number of nitrogens with two attached hydrogens (primary N) is 1. The standard InChI is InChI=1S/C15H14ClF2N/c1-15(19,11-5-7-12(17)8-6-11)9-10-3-2-4-13(16)14(10)18/h2-8H,9,19H2,1H3. The molecule has 2 aromatic rings. The summed E-state index contributed by atoms with van der Waals surface area (Å²) in [6.45, 7) is 1.78. The van der Waals surface area contributed by atoms with Gasteiger partial charge in [0.05, 0.1) is 5.02 Å². The number of hydrogen-bond acceptors (Lipinski definition) is 1.